The largest absolute Gasteiger partial charge is 0.377 e. The summed E-state index contributed by atoms with van der Waals surface area (Å²) >= 11 is 0. The molecule has 0 spiro atoms. The average molecular weight is 115 g/mol. The van der Waals surface area contributed by atoms with Crippen LogP contribution in [0.4, 0.5) is 0 Å². The first-order valence-electron chi connectivity index (χ1n) is 3.14. The van der Waals surface area contributed by atoms with Crippen molar-refractivity contribution in [1.82, 2.24) is 0 Å². The first-order valence-corrected chi connectivity index (χ1v) is 3.14. The van der Waals surface area contributed by atoms with Crippen LogP contribution in [0.15, 0.2) is 0 Å². The molecule has 1 aliphatic rings. The Morgan fingerprint density at radius 2 is 2.50 bits per heavy atom. The smallest absolute Gasteiger partial charge is 0.0700 e. The minimum absolute atomic E-state index is 0.352. The van der Waals surface area contributed by atoms with Crippen molar-refractivity contribution < 1.29 is 4.74 Å². The summed E-state index contributed by atoms with van der Waals surface area (Å²) in [5, 5.41) is 0. The van der Waals surface area contributed by atoms with Crippen molar-refractivity contribution in [1.29, 1.82) is 0 Å². The molecule has 1 aliphatic heterocycles. The molecule has 0 aromatic rings. The number of hydrogen-bond acceptors (Lipinski definition) is 2. The normalized spacial score (nSPS) is 38.2. The van der Waals surface area contributed by atoms with Crippen LogP contribution < -0.4 is 5.73 Å². The summed E-state index contributed by atoms with van der Waals surface area (Å²) in [5.41, 5.74) is 5.37. The number of rotatable bonds is 1. The standard InChI is InChI=1S/C6H13NO/c1-5-2-6(3-7)8-4-5/h5-6H,2-4,7H2,1H3/t5-,6?/m0/s1. The van der Waals surface area contributed by atoms with Crippen LogP contribution in [0, 0.1) is 5.92 Å². The van der Waals surface area contributed by atoms with Gasteiger partial charge in [-0.3, -0.25) is 0 Å². The molecule has 48 valence electrons. The highest BCUT2D eigenvalue weighted by atomic mass is 16.5. The second kappa shape index (κ2) is 2.46. The van der Waals surface area contributed by atoms with Gasteiger partial charge in [-0.05, 0) is 12.3 Å². The summed E-state index contributed by atoms with van der Waals surface area (Å²) in [6.07, 6.45) is 1.50. The predicted octanol–water partition coefficient (Wildman–Crippen LogP) is 0.370. The maximum Gasteiger partial charge on any atom is 0.0700 e. The molecule has 0 aromatic carbocycles. The van der Waals surface area contributed by atoms with Gasteiger partial charge in [-0.15, -0.1) is 0 Å². The van der Waals surface area contributed by atoms with Crippen LogP contribution in [0.25, 0.3) is 0 Å². The first kappa shape index (κ1) is 6.05. The topological polar surface area (TPSA) is 35.2 Å². The second-order valence-corrected chi connectivity index (χ2v) is 2.53. The van der Waals surface area contributed by atoms with Crippen LogP contribution >= 0.6 is 0 Å². The van der Waals surface area contributed by atoms with E-state index in [1.807, 2.05) is 0 Å². The molecule has 1 unspecified atom stereocenters. The molecule has 0 bridgehead atoms. The van der Waals surface area contributed by atoms with Gasteiger partial charge in [0, 0.05) is 13.2 Å². The molecule has 8 heavy (non-hydrogen) atoms. The molecule has 1 rings (SSSR count). The molecule has 0 radical (unpaired) electrons. The van der Waals surface area contributed by atoms with Gasteiger partial charge in [0.1, 0.15) is 0 Å². The van der Waals surface area contributed by atoms with E-state index < -0.39 is 0 Å². The van der Waals surface area contributed by atoms with Gasteiger partial charge in [-0.25, -0.2) is 0 Å². The zero-order valence-electron chi connectivity index (χ0n) is 5.26. The van der Waals surface area contributed by atoms with Crippen molar-refractivity contribution in [2.24, 2.45) is 11.7 Å². The molecule has 2 N–H and O–H groups in total. The minimum atomic E-state index is 0.352. The fourth-order valence-electron chi connectivity index (χ4n) is 1.05. The van der Waals surface area contributed by atoms with E-state index in [2.05, 4.69) is 6.92 Å². The molecule has 1 saturated heterocycles. The lowest BCUT2D eigenvalue weighted by Gasteiger charge is -2.01. The Morgan fingerprint density at radius 3 is 2.75 bits per heavy atom. The van der Waals surface area contributed by atoms with Crippen molar-refractivity contribution in [3.05, 3.63) is 0 Å². The molecule has 2 heteroatoms. The van der Waals surface area contributed by atoms with Gasteiger partial charge in [-0.2, -0.15) is 0 Å². The number of hydrogen-bond donors (Lipinski definition) is 1. The lowest BCUT2D eigenvalue weighted by molar-refractivity contribution is 0.113. The summed E-state index contributed by atoms with van der Waals surface area (Å²) in [7, 11) is 0. The van der Waals surface area contributed by atoms with E-state index in [0.717, 1.165) is 18.9 Å². The van der Waals surface area contributed by atoms with Crippen LogP contribution in [-0.4, -0.2) is 19.3 Å². The van der Waals surface area contributed by atoms with Gasteiger partial charge < -0.3 is 10.5 Å². The van der Waals surface area contributed by atoms with Gasteiger partial charge >= 0.3 is 0 Å². The van der Waals surface area contributed by atoms with E-state index in [9.17, 15) is 0 Å². The van der Waals surface area contributed by atoms with Crippen LogP contribution in [0.2, 0.25) is 0 Å². The lowest BCUT2D eigenvalue weighted by Crippen LogP contribution is -2.18. The third-order valence-electron chi connectivity index (χ3n) is 1.54. The van der Waals surface area contributed by atoms with Crippen LogP contribution in [-0.2, 0) is 4.74 Å². The summed E-state index contributed by atoms with van der Waals surface area (Å²) in [4.78, 5) is 0. The van der Waals surface area contributed by atoms with Crippen LogP contribution in [0.1, 0.15) is 13.3 Å². The fourth-order valence-corrected chi connectivity index (χ4v) is 1.05. The van der Waals surface area contributed by atoms with E-state index in [-0.39, 0.29) is 0 Å². The zero-order valence-corrected chi connectivity index (χ0v) is 5.26. The zero-order chi connectivity index (χ0) is 5.98. The third-order valence-corrected chi connectivity index (χ3v) is 1.54. The molecule has 1 heterocycles. The van der Waals surface area contributed by atoms with E-state index in [1.165, 1.54) is 0 Å². The SMILES string of the molecule is C[C@@H]1COC(CN)C1. The Hall–Kier alpha value is -0.0800. The third kappa shape index (κ3) is 1.20. The minimum Gasteiger partial charge on any atom is -0.377 e. The Morgan fingerprint density at radius 1 is 1.75 bits per heavy atom. The van der Waals surface area contributed by atoms with Gasteiger partial charge in [-0.1, -0.05) is 6.92 Å². The summed E-state index contributed by atoms with van der Waals surface area (Å²) in [5.74, 6) is 0.726. The van der Waals surface area contributed by atoms with Crippen molar-refractivity contribution >= 4 is 0 Å². The Balaban J connectivity index is 2.22. The maximum absolute atomic E-state index is 5.37. The lowest BCUT2D eigenvalue weighted by atomic mass is 10.1. The van der Waals surface area contributed by atoms with Crippen molar-refractivity contribution in [2.45, 2.75) is 19.4 Å². The highest BCUT2D eigenvalue weighted by Gasteiger charge is 2.19. The van der Waals surface area contributed by atoms with Gasteiger partial charge in [0.05, 0.1) is 6.10 Å². The summed E-state index contributed by atoms with van der Waals surface area (Å²) in [6.45, 7) is 3.78. The van der Waals surface area contributed by atoms with E-state index in [1.54, 1.807) is 0 Å². The molecular weight excluding hydrogens is 102 g/mol. The van der Waals surface area contributed by atoms with Crippen LogP contribution in [0.5, 0.6) is 0 Å². The monoisotopic (exact) mass is 115 g/mol. The van der Waals surface area contributed by atoms with E-state index in [4.69, 9.17) is 10.5 Å². The van der Waals surface area contributed by atoms with Gasteiger partial charge in [0.15, 0.2) is 0 Å². The Labute approximate surface area is 50.0 Å². The Kier molecular flexibility index (Phi) is 1.86. The highest BCUT2D eigenvalue weighted by Crippen LogP contribution is 2.16. The number of ether oxygens (including phenoxy) is 1. The molecule has 0 aliphatic carbocycles. The quantitative estimate of drug-likeness (QED) is 0.536. The second-order valence-electron chi connectivity index (χ2n) is 2.53. The average Bonchev–Trinajstić information content (AvgIpc) is 2.14. The van der Waals surface area contributed by atoms with Gasteiger partial charge in [0.2, 0.25) is 0 Å². The Bertz CT molecular complexity index is 74.9. The van der Waals surface area contributed by atoms with Gasteiger partial charge in [0.25, 0.3) is 0 Å². The molecule has 2 nitrogen and oxygen atoms in total. The number of nitrogens with two attached hydrogens (primary N) is 1. The van der Waals surface area contributed by atoms with E-state index in [0.29, 0.717) is 12.6 Å². The molecule has 0 aromatic heterocycles. The van der Waals surface area contributed by atoms with Crippen LogP contribution in [0.3, 0.4) is 0 Å². The molecular formula is C6H13NO. The molecule has 0 amide bonds. The predicted molar refractivity (Wildman–Crippen MR) is 32.6 cm³/mol. The van der Waals surface area contributed by atoms with E-state index >= 15 is 0 Å². The summed E-state index contributed by atoms with van der Waals surface area (Å²) < 4.78 is 5.29. The molecule has 2 atom stereocenters. The summed E-state index contributed by atoms with van der Waals surface area (Å²) in [6, 6.07) is 0. The highest BCUT2D eigenvalue weighted by molar-refractivity contribution is 4.70. The maximum atomic E-state index is 5.37. The van der Waals surface area contributed by atoms with Crippen molar-refractivity contribution in [3.8, 4) is 0 Å². The molecule has 0 saturated carbocycles. The van der Waals surface area contributed by atoms with Crippen molar-refractivity contribution in [2.75, 3.05) is 13.2 Å². The van der Waals surface area contributed by atoms with Crippen molar-refractivity contribution in [3.63, 3.8) is 0 Å². The molecule has 1 fully saturated rings. The first-order chi connectivity index (χ1) is 3.83. The fraction of sp³-hybridized carbons (Fsp3) is 1.00.